The van der Waals surface area contributed by atoms with E-state index in [1.807, 2.05) is 20.8 Å². The molecule has 1 amide bonds. The van der Waals surface area contributed by atoms with Gasteiger partial charge in [0, 0.05) is 24.9 Å². The van der Waals surface area contributed by atoms with E-state index in [1.54, 1.807) is 0 Å². The van der Waals surface area contributed by atoms with E-state index in [4.69, 9.17) is 4.74 Å². The van der Waals surface area contributed by atoms with Gasteiger partial charge in [-0.15, -0.1) is 0 Å². The molecule has 7 heteroatoms. The van der Waals surface area contributed by atoms with Crippen molar-refractivity contribution in [3.05, 3.63) is 0 Å². The van der Waals surface area contributed by atoms with E-state index < -0.39 is 21.5 Å². The van der Waals surface area contributed by atoms with E-state index in [9.17, 15) is 13.2 Å². The van der Waals surface area contributed by atoms with Gasteiger partial charge < -0.3 is 15.4 Å². The average Bonchev–Trinajstić information content (AvgIpc) is 2.82. The molecular formula is C16H32N2O4S. The van der Waals surface area contributed by atoms with Crippen LogP contribution in [0.25, 0.3) is 0 Å². The summed E-state index contributed by atoms with van der Waals surface area (Å²) in [6, 6.07) is 0.0295. The Hall–Kier alpha value is -0.820. The number of ether oxygens (including phenoxy) is 1. The maximum Gasteiger partial charge on any atom is 0.407 e. The largest absolute Gasteiger partial charge is 0.444 e. The Bertz CT molecular complexity index is 485. The van der Waals surface area contributed by atoms with E-state index in [0.29, 0.717) is 6.54 Å². The van der Waals surface area contributed by atoms with E-state index >= 15 is 0 Å². The van der Waals surface area contributed by atoms with Crippen LogP contribution in [0, 0.1) is 0 Å². The third-order valence-electron chi connectivity index (χ3n) is 3.98. The lowest BCUT2D eigenvalue weighted by molar-refractivity contribution is 0.0521. The fourth-order valence-electron chi connectivity index (χ4n) is 3.05. The number of rotatable bonds is 7. The highest BCUT2D eigenvalue weighted by Gasteiger charge is 2.35. The number of hydrogen-bond donors (Lipinski definition) is 2. The van der Waals surface area contributed by atoms with Gasteiger partial charge in [0.15, 0.2) is 9.84 Å². The van der Waals surface area contributed by atoms with Crippen molar-refractivity contribution in [1.29, 1.82) is 0 Å². The number of alkyl carbamates (subject to hydrolysis) is 1. The topological polar surface area (TPSA) is 84.5 Å². The first-order valence-electron chi connectivity index (χ1n) is 8.44. The zero-order chi connectivity index (χ0) is 17.7. The summed E-state index contributed by atoms with van der Waals surface area (Å²) >= 11 is 0. The molecule has 0 aromatic rings. The predicted molar refractivity (Wildman–Crippen MR) is 92.3 cm³/mol. The van der Waals surface area contributed by atoms with Crippen molar-refractivity contribution in [1.82, 2.24) is 10.6 Å². The minimum Gasteiger partial charge on any atom is -0.444 e. The normalized spacial score (nSPS) is 23.5. The molecule has 0 spiro atoms. The van der Waals surface area contributed by atoms with E-state index in [-0.39, 0.29) is 17.3 Å². The van der Waals surface area contributed by atoms with Crippen LogP contribution in [0.5, 0.6) is 0 Å². The molecular weight excluding hydrogens is 316 g/mol. The van der Waals surface area contributed by atoms with Crippen molar-refractivity contribution < 1.29 is 17.9 Å². The highest BCUT2D eigenvalue weighted by molar-refractivity contribution is 7.91. The van der Waals surface area contributed by atoms with Crippen LogP contribution in [0.2, 0.25) is 0 Å². The van der Waals surface area contributed by atoms with Crippen molar-refractivity contribution in [2.24, 2.45) is 0 Å². The van der Waals surface area contributed by atoms with Crippen LogP contribution in [0.3, 0.4) is 0 Å². The molecule has 0 saturated heterocycles. The molecule has 1 saturated carbocycles. The Morgan fingerprint density at radius 2 is 1.96 bits per heavy atom. The number of carbonyl (C=O) groups excluding carboxylic acids is 1. The number of sulfone groups is 1. The van der Waals surface area contributed by atoms with Crippen molar-refractivity contribution in [2.45, 2.75) is 82.7 Å². The van der Waals surface area contributed by atoms with Crippen LogP contribution in [0.15, 0.2) is 0 Å². The first kappa shape index (κ1) is 20.2. The molecule has 1 aliphatic rings. The minimum absolute atomic E-state index is 0.0259. The second kappa shape index (κ2) is 8.33. The summed E-state index contributed by atoms with van der Waals surface area (Å²) in [7, 11) is -3.04. The monoisotopic (exact) mass is 348 g/mol. The molecule has 136 valence electrons. The Kier molecular flexibility index (Phi) is 7.32. The molecule has 1 rings (SSSR count). The van der Waals surface area contributed by atoms with Gasteiger partial charge in [0.1, 0.15) is 5.60 Å². The van der Waals surface area contributed by atoms with Crippen LogP contribution in [-0.4, -0.2) is 50.2 Å². The van der Waals surface area contributed by atoms with E-state index in [0.717, 1.165) is 32.1 Å². The number of amides is 1. The smallest absolute Gasteiger partial charge is 0.407 e. The summed E-state index contributed by atoms with van der Waals surface area (Å²) in [5.74, 6) is 0. The summed E-state index contributed by atoms with van der Waals surface area (Å²) in [5, 5.41) is 5.90. The van der Waals surface area contributed by atoms with E-state index in [2.05, 4.69) is 17.6 Å². The zero-order valence-electron chi connectivity index (χ0n) is 15.0. The molecule has 3 atom stereocenters. The van der Waals surface area contributed by atoms with Gasteiger partial charge in [0.2, 0.25) is 0 Å². The number of nitrogens with one attached hydrogen (secondary N) is 2. The van der Waals surface area contributed by atoms with Gasteiger partial charge in [-0.2, -0.15) is 0 Å². The van der Waals surface area contributed by atoms with Crippen LogP contribution in [-0.2, 0) is 14.6 Å². The molecule has 6 nitrogen and oxygen atoms in total. The molecule has 1 aliphatic carbocycles. The van der Waals surface area contributed by atoms with Gasteiger partial charge in [0.05, 0.1) is 5.25 Å². The van der Waals surface area contributed by atoms with Crippen molar-refractivity contribution in [3.8, 4) is 0 Å². The lowest BCUT2D eigenvalue weighted by Crippen LogP contribution is -2.50. The fourth-order valence-corrected chi connectivity index (χ4v) is 4.45. The summed E-state index contributed by atoms with van der Waals surface area (Å²) in [6.07, 6.45) is 5.22. The Labute approximate surface area is 140 Å². The average molecular weight is 349 g/mol. The quantitative estimate of drug-likeness (QED) is 0.737. The lowest BCUT2D eigenvalue weighted by atomic mass is 10.1. The second-order valence-electron chi connectivity index (χ2n) is 7.44. The third-order valence-corrected chi connectivity index (χ3v) is 5.65. The molecule has 0 heterocycles. The molecule has 0 aromatic heterocycles. The van der Waals surface area contributed by atoms with Crippen LogP contribution in [0.1, 0.15) is 59.8 Å². The molecule has 0 aromatic carbocycles. The maximum atomic E-state index is 11.9. The molecule has 3 unspecified atom stereocenters. The minimum atomic E-state index is -3.04. The van der Waals surface area contributed by atoms with Crippen LogP contribution < -0.4 is 10.6 Å². The molecule has 1 fully saturated rings. The zero-order valence-corrected chi connectivity index (χ0v) is 15.8. The highest BCUT2D eigenvalue weighted by Crippen LogP contribution is 2.25. The molecule has 0 aliphatic heterocycles. The van der Waals surface area contributed by atoms with Crippen molar-refractivity contribution >= 4 is 15.9 Å². The van der Waals surface area contributed by atoms with Crippen LogP contribution in [0.4, 0.5) is 4.79 Å². The summed E-state index contributed by atoms with van der Waals surface area (Å²) < 4.78 is 29.0. The summed E-state index contributed by atoms with van der Waals surface area (Å²) in [6.45, 7) is 7.98. The highest BCUT2D eigenvalue weighted by atomic mass is 32.2. The SMILES string of the molecule is CCCC(CNC(=O)OC(C)(C)C)NC1CCCC1S(C)(=O)=O. The Morgan fingerprint density at radius 1 is 1.30 bits per heavy atom. The van der Waals surface area contributed by atoms with Gasteiger partial charge >= 0.3 is 6.09 Å². The lowest BCUT2D eigenvalue weighted by Gasteiger charge is -2.27. The van der Waals surface area contributed by atoms with Gasteiger partial charge in [-0.05, 0) is 40.0 Å². The maximum absolute atomic E-state index is 11.9. The predicted octanol–water partition coefficient (Wildman–Crippen LogP) is 2.24. The first-order valence-corrected chi connectivity index (χ1v) is 10.4. The fraction of sp³-hybridized carbons (Fsp3) is 0.938. The van der Waals surface area contributed by atoms with Gasteiger partial charge in [-0.1, -0.05) is 19.8 Å². The van der Waals surface area contributed by atoms with E-state index in [1.165, 1.54) is 6.26 Å². The molecule has 23 heavy (non-hydrogen) atoms. The van der Waals surface area contributed by atoms with Gasteiger partial charge in [-0.25, -0.2) is 13.2 Å². The second-order valence-corrected chi connectivity index (χ2v) is 9.70. The van der Waals surface area contributed by atoms with Crippen LogP contribution >= 0.6 is 0 Å². The molecule has 2 N–H and O–H groups in total. The number of carbonyl (C=O) groups is 1. The van der Waals surface area contributed by atoms with Crippen molar-refractivity contribution in [3.63, 3.8) is 0 Å². The Morgan fingerprint density at radius 3 is 2.48 bits per heavy atom. The Balaban J connectivity index is 2.56. The molecule has 0 radical (unpaired) electrons. The first-order chi connectivity index (χ1) is 10.5. The third kappa shape index (κ3) is 7.52. The summed E-state index contributed by atoms with van der Waals surface area (Å²) in [5.41, 5.74) is -0.523. The summed E-state index contributed by atoms with van der Waals surface area (Å²) in [4.78, 5) is 11.8. The number of hydrogen-bond acceptors (Lipinski definition) is 5. The van der Waals surface area contributed by atoms with Gasteiger partial charge in [0.25, 0.3) is 0 Å². The molecule has 0 bridgehead atoms. The van der Waals surface area contributed by atoms with Gasteiger partial charge in [-0.3, -0.25) is 0 Å². The standard InChI is InChI=1S/C16H32N2O4S/c1-6-8-12(11-17-15(19)22-16(2,3)4)18-13-9-7-10-14(13)23(5,20)21/h12-14,18H,6-11H2,1-5H3,(H,17,19). The van der Waals surface area contributed by atoms with Crippen molar-refractivity contribution in [2.75, 3.05) is 12.8 Å².